The molecule has 3 aromatic rings. The molecular formula is C21H26ClN3O3S. The van der Waals surface area contributed by atoms with Gasteiger partial charge in [0.05, 0.1) is 16.7 Å². The normalized spacial score (nSPS) is 13.6. The van der Waals surface area contributed by atoms with E-state index in [0.717, 1.165) is 22.0 Å². The molecule has 0 saturated heterocycles. The van der Waals surface area contributed by atoms with Crippen molar-refractivity contribution < 1.29 is 13.5 Å². The van der Waals surface area contributed by atoms with Crippen LogP contribution in [0.15, 0.2) is 65.7 Å². The van der Waals surface area contributed by atoms with Crippen LogP contribution in [0.3, 0.4) is 0 Å². The summed E-state index contributed by atoms with van der Waals surface area (Å²) in [5.41, 5.74) is 1.81. The third-order valence-corrected chi connectivity index (χ3v) is 5.70. The van der Waals surface area contributed by atoms with Gasteiger partial charge >= 0.3 is 0 Å². The predicted octanol–water partition coefficient (Wildman–Crippen LogP) is 3.12. The quantitative estimate of drug-likeness (QED) is 0.471. The van der Waals surface area contributed by atoms with E-state index < -0.39 is 16.1 Å². The Morgan fingerprint density at radius 2 is 1.86 bits per heavy atom. The number of aliphatic hydroxyl groups excluding tert-OH is 1. The molecule has 29 heavy (non-hydrogen) atoms. The van der Waals surface area contributed by atoms with Crippen LogP contribution in [0, 0.1) is 0 Å². The fourth-order valence-electron chi connectivity index (χ4n) is 3.24. The Labute approximate surface area is 177 Å². The fourth-order valence-corrected chi connectivity index (χ4v) is 3.79. The summed E-state index contributed by atoms with van der Waals surface area (Å²) < 4.78 is 23.1. The molecule has 0 bridgehead atoms. The molecule has 0 aliphatic heterocycles. The molecule has 8 heteroatoms. The van der Waals surface area contributed by atoms with Gasteiger partial charge in [-0.3, -0.25) is 4.98 Å². The standard InChI is InChI=1S/C21H25N3O3S.ClH/c1-15(14-23-11-10-20(25)16-5-3-2-4-6-16)21-19-8-7-18(28(22,26)27)13-17(19)9-12-24-21;/h2-9,12-13,15,20,23,25H,10-11,14H2,1H3,(H2,22,26,27);1H/t15-,20-;/m1./s1. The third kappa shape index (κ3) is 5.98. The Morgan fingerprint density at radius 3 is 2.55 bits per heavy atom. The summed E-state index contributed by atoms with van der Waals surface area (Å²) in [6.07, 6.45) is 1.81. The van der Waals surface area contributed by atoms with Crippen LogP contribution >= 0.6 is 12.4 Å². The van der Waals surface area contributed by atoms with Gasteiger partial charge < -0.3 is 10.4 Å². The van der Waals surface area contributed by atoms with E-state index in [9.17, 15) is 13.5 Å². The fraction of sp³-hybridized carbons (Fsp3) is 0.286. The Morgan fingerprint density at radius 1 is 1.14 bits per heavy atom. The van der Waals surface area contributed by atoms with Gasteiger partial charge in [-0.15, -0.1) is 12.4 Å². The number of nitrogens with two attached hydrogens (primary N) is 1. The van der Waals surface area contributed by atoms with Crippen LogP contribution in [0.4, 0.5) is 0 Å². The Balaban J connectivity index is 0.00000300. The average molecular weight is 436 g/mol. The number of hydrogen-bond acceptors (Lipinski definition) is 5. The molecule has 0 amide bonds. The number of hydrogen-bond donors (Lipinski definition) is 3. The van der Waals surface area contributed by atoms with Gasteiger partial charge in [-0.05, 0) is 42.1 Å². The first-order chi connectivity index (χ1) is 13.4. The van der Waals surface area contributed by atoms with E-state index in [1.54, 1.807) is 24.4 Å². The van der Waals surface area contributed by atoms with Crippen LogP contribution in [0.5, 0.6) is 0 Å². The Kier molecular flexibility index (Phi) is 8.13. The molecule has 1 heterocycles. The number of fused-ring (bicyclic) bond motifs is 1. The highest BCUT2D eigenvalue weighted by atomic mass is 35.5. The van der Waals surface area contributed by atoms with E-state index in [1.807, 2.05) is 30.3 Å². The van der Waals surface area contributed by atoms with Crippen molar-refractivity contribution in [2.45, 2.75) is 30.3 Å². The summed E-state index contributed by atoms with van der Waals surface area (Å²) in [6.45, 7) is 3.45. The maximum atomic E-state index is 11.6. The number of nitrogens with zero attached hydrogens (tertiary/aromatic N) is 1. The summed E-state index contributed by atoms with van der Waals surface area (Å²) in [6, 6.07) is 16.2. The first-order valence-electron chi connectivity index (χ1n) is 9.21. The summed E-state index contributed by atoms with van der Waals surface area (Å²) in [5.74, 6) is 0.123. The van der Waals surface area contributed by atoms with Crippen LogP contribution in [-0.4, -0.2) is 31.6 Å². The molecule has 3 rings (SSSR count). The highest BCUT2D eigenvalue weighted by molar-refractivity contribution is 7.89. The molecule has 0 radical (unpaired) electrons. The van der Waals surface area contributed by atoms with E-state index in [4.69, 9.17) is 5.14 Å². The molecular weight excluding hydrogens is 410 g/mol. The van der Waals surface area contributed by atoms with Gasteiger partial charge in [0.15, 0.2) is 0 Å². The Hall–Kier alpha value is -2.03. The minimum absolute atomic E-state index is 0. The number of pyridine rings is 1. The molecule has 0 unspecified atom stereocenters. The smallest absolute Gasteiger partial charge is 0.238 e. The summed E-state index contributed by atoms with van der Waals surface area (Å²) >= 11 is 0. The lowest BCUT2D eigenvalue weighted by Gasteiger charge is -2.16. The minimum atomic E-state index is -3.73. The number of rotatable bonds is 8. The molecule has 0 aliphatic carbocycles. The van der Waals surface area contributed by atoms with Crippen LogP contribution in [0.25, 0.3) is 10.8 Å². The number of nitrogens with one attached hydrogen (secondary N) is 1. The van der Waals surface area contributed by atoms with Gasteiger partial charge in [-0.2, -0.15) is 0 Å². The van der Waals surface area contributed by atoms with E-state index in [-0.39, 0.29) is 23.2 Å². The molecule has 0 aliphatic rings. The van der Waals surface area contributed by atoms with Gasteiger partial charge in [0.1, 0.15) is 0 Å². The van der Waals surface area contributed by atoms with Gasteiger partial charge in [0.25, 0.3) is 0 Å². The first kappa shape index (κ1) is 23.3. The molecule has 6 nitrogen and oxygen atoms in total. The molecule has 0 spiro atoms. The largest absolute Gasteiger partial charge is 0.388 e. The SMILES string of the molecule is C[C@H](CNCC[C@@H](O)c1ccccc1)c1nccc2cc(S(N)(=O)=O)ccc12.Cl. The van der Waals surface area contributed by atoms with Crippen molar-refractivity contribution in [2.24, 2.45) is 5.14 Å². The van der Waals surface area contributed by atoms with Crippen molar-refractivity contribution in [3.63, 3.8) is 0 Å². The molecule has 156 valence electrons. The van der Waals surface area contributed by atoms with Crippen LogP contribution < -0.4 is 10.5 Å². The topological polar surface area (TPSA) is 105 Å². The molecule has 0 saturated carbocycles. The van der Waals surface area contributed by atoms with Crippen LogP contribution in [-0.2, 0) is 10.0 Å². The monoisotopic (exact) mass is 435 g/mol. The lowest BCUT2D eigenvalue weighted by Crippen LogP contribution is -2.23. The summed E-state index contributed by atoms with van der Waals surface area (Å²) in [4.78, 5) is 4.59. The molecule has 0 fully saturated rings. The number of primary sulfonamides is 1. The van der Waals surface area contributed by atoms with Crippen molar-refractivity contribution >= 4 is 33.2 Å². The van der Waals surface area contributed by atoms with Crippen molar-refractivity contribution in [2.75, 3.05) is 13.1 Å². The summed E-state index contributed by atoms with van der Waals surface area (Å²) in [7, 11) is -3.73. The molecule has 2 aromatic carbocycles. The average Bonchev–Trinajstić information content (AvgIpc) is 2.70. The van der Waals surface area contributed by atoms with Gasteiger partial charge in [-0.1, -0.05) is 43.3 Å². The van der Waals surface area contributed by atoms with Gasteiger partial charge in [0.2, 0.25) is 10.0 Å². The lowest BCUT2D eigenvalue weighted by atomic mass is 10.0. The predicted molar refractivity (Wildman–Crippen MR) is 118 cm³/mol. The highest BCUT2D eigenvalue weighted by Gasteiger charge is 2.14. The molecule has 2 atom stereocenters. The first-order valence-corrected chi connectivity index (χ1v) is 10.8. The maximum absolute atomic E-state index is 11.6. The number of benzene rings is 2. The maximum Gasteiger partial charge on any atom is 0.238 e. The number of halogens is 1. The van der Waals surface area contributed by atoms with Crippen molar-refractivity contribution in [3.8, 4) is 0 Å². The van der Waals surface area contributed by atoms with Crippen LogP contribution in [0.2, 0.25) is 0 Å². The number of aliphatic hydroxyl groups is 1. The second kappa shape index (κ2) is 10.1. The lowest BCUT2D eigenvalue weighted by molar-refractivity contribution is 0.167. The van der Waals surface area contributed by atoms with Crippen molar-refractivity contribution in [1.82, 2.24) is 10.3 Å². The van der Waals surface area contributed by atoms with E-state index >= 15 is 0 Å². The molecule has 4 N–H and O–H groups in total. The zero-order valence-corrected chi connectivity index (χ0v) is 17.8. The van der Waals surface area contributed by atoms with E-state index in [1.165, 1.54) is 6.07 Å². The van der Waals surface area contributed by atoms with Crippen molar-refractivity contribution in [1.29, 1.82) is 0 Å². The number of aromatic nitrogens is 1. The third-order valence-electron chi connectivity index (χ3n) is 4.79. The second-order valence-electron chi connectivity index (χ2n) is 6.94. The van der Waals surface area contributed by atoms with E-state index in [2.05, 4.69) is 17.2 Å². The zero-order chi connectivity index (χ0) is 20.1. The Bertz CT molecular complexity index is 1050. The van der Waals surface area contributed by atoms with Gasteiger partial charge in [0, 0.05) is 24.0 Å². The van der Waals surface area contributed by atoms with E-state index in [0.29, 0.717) is 19.5 Å². The van der Waals surface area contributed by atoms with Crippen LogP contribution in [0.1, 0.15) is 36.6 Å². The minimum Gasteiger partial charge on any atom is -0.388 e. The second-order valence-corrected chi connectivity index (χ2v) is 8.51. The summed E-state index contributed by atoms with van der Waals surface area (Å²) in [5, 5.41) is 20.5. The molecule has 1 aromatic heterocycles. The highest BCUT2D eigenvalue weighted by Crippen LogP contribution is 2.25. The zero-order valence-electron chi connectivity index (χ0n) is 16.2. The van der Waals surface area contributed by atoms with Gasteiger partial charge in [-0.25, -0.2) is 13.6 Å². The van der Waals surface area contributed by atoms with Crippen molar-refractivity contribution in [3.05, 3.63) is 72.1 Å². The number of sulfonamides is 1.